The molecule has 8 nitrogen and oxygen atoms in total. The number of nitrogens with zero attached hydrogens (tertiary/aromatic N) is 2. The monoisotopic (exact) mass is 490 g/mol. The molecule has 5 rings (SSSR count). The summed E-state index contributed by atoms with van der Waals surface area (Å²) < 4.78 is 11.3. The maximum Gasteiger partial charge on any atom is 0.339 e. The molecule has 3 aliphatic heterocycles. The van der Waals surface area contributed by atoms with Gasteiger partial charge in [0.1, 0.15) is 11.4 Å². The van der Waals surface area contributed by atoms with E-state index in [9.17, 15) is 19.2 Å². The van der Waals surface area contributed by atoms with Gasteiger partial charge in [-0.05, 0) is 43.2 Å². The Labute approximate surface area is 210 Å². The number of amides is 2. The van der Waals surface area contributed by atoms with Gasteiger partial charge in [-0.25, -0.2) is 4.79 Å². The molecule has 3 heterocycles. The number of ether oxygens (including phenoxy) is 2. The van der Waals surface area contributed by atoms with Crippen LogP contribution in [0.4, 0.5) is 5.69 Å². The Hall–Kier alpha value is -3.68. The van der Waals surface area contributed by atoms with E-state index in [-0.39, 0.29) is 30.6 Å². The Bertz CT molecular complexity index is 1260. The molecule has 36 heavy (non-hydrogen) atoms. The molecule has 0 aromatic heterocycles. The summed E-state index contributed by atoms with van der Waals surface area (Å²) in [7, 11) is 1.30. The number of aryl methyl sites for hydroxylation is 1. The van der Waals surface area contributed by atoms with Crippen molar-refractivity contribution >= 4 is 29.3 Å². The predicted octanol–water partition coefficient (Wildman–Crippen LogP) is 3.47. The van der Waals surface area contributed by atoms with E-state index in [1.165, 1.54) is 12.0 Å². The van der Waals surface area contributed by atoms with Crippen LogP contribution in [0.1, 0.15) is 57.5 Å². The lowest BCUT2D eigenvalue weighted by atomic mass is 9.81. The molecule has 8 heteroatoms. The molecule has 3 aliphatic rings. The summed E-state index contributed by atoms with van der Waals surface area (Å²) in [5, 5.41) is 0. The van der Waals surface area contributed by atoms with Crippen molar-refractivity contribution in [2.75, 3.05) is 31.6 Å². The van der Waals surface area contributed by atoms with Gasteiger partial charge in [0, 0.05) is 38.9 Å². The fourth-order valence-electron chi connectivity index (χ4n) is 5.55. The third kappa shape index (κ3) is 4.04. The van der Waals surface area contributed by atoms with Gasteiger partial charge in [0.15, 0.2) is 5.78 Å². The number of hydrogen-bond donors (Lipinski definition) is 0. The number of likely N-dealkylation sites (tertiary alicyclic amines) is 1. The largest absolute Gasteiger partial charge is 0.486 e. The standard InChI is InChI=1S/C28H30N2O6/c1-17-8-9-21-23(31)15-28(36-25(21)18(17)2)10-12-29(13-11-28)26(33)19-14-24(32)30(16-19)22-7-5-4-6-20(22)27(34)35-3/h4-9,19H,10-16H2,1-3H3. The first-order chi connectivity index (χ1) is 17.2. The third-order valence-corrected chi connectivity index (χ3v) is 7.84. The molecule has 0 saturated carbocycles. The summed E-state index contributed by atoms with van der Waals surface area (Å²) in [6.45, 7) is 5.13. The number of rotatable bonds is 3. The van der Waals surface area contributed by atoms with Crippen LogP contribution in [0.3, 0.4) is 0 Å². The summed E-state index contributed by atoms with van der Waals surface area (Å²) in [5.41, 5.74) is 2.85. The van der Waals surface area contributed by atoms with E-state index >= 15 is 0 Å². The lowest BCUT2D eigenvalue weighted by Gasteiger charge is -2.44. The average molecular weight is 491 g/mol. The molecule has 1 spiro atoms. The second kappa shape index (κ2) is 9.08. The maximum atomic E-state index is 13.4. The van der Waals surface area contributed by atoms with Crippen LogP contribution in [0.2, 0.25) is 0 Å². The van der Waals surface area contributed by atoms with Crippen molar-refractivity contribution in [3.8, 4) is 5.75 Å². The number of carbonyl (C=O) groups is 4. The van der Waals surface area contributed by atoms with Crippen LogP contribution in [0, 0.1) is 19.8 Å². The number of carbonyl (C=O) groups excluding carboxylic acids is 4. The lowest BCUT2D eigenvalue weighted by molar-refractivity contribution is -0.139. The number of methoxy groups -OCH3 is 1. The van der Waals surface area contributed by atoms with Crippen molar-refractivity contribution in [2.45, 2.75) is 45.1 Å². The molecule has 1 atom stereocenters. The van der Waals surface area contributed by atoms with E-state index in [1.807, 2.05) is 26.0 Å². The Morgan fingerprint density at radius 3 is 2.50 bits per heavy atom. The van der Waals surface area contributed by atoms with Crippen LogP contribution in [0.25, 0.3) is 0 Å². The minimum atomic E-state index is -0.601. The van der Waals surface area contributed by atoms with Crippen LogP contribution in [-0.2, 0) is 14.3 Å². The van der Waals surface area contributed by atoms with E-state index in [0.717, 1.165) is 11.1 Å². The Balaban J connectivity index is 1.27. The molecule has 2 aromatic rings. The lowest BCUT2D eigenvalue weighted by Crippen LogP contribution is -2.53. The number of ketones is 1. The van der Waals surface area contributed by atoms with Gasteiger partial charge in [-0.1, -0.05) is 18.2 Å². The fraction of sp³-hybridized carbons (Fsp3) is 0.429. The topological polar surface area (TPSA) is 93.2 Å². The van der Waals surface area contributed by atoms with Gasteiger partial charge in [-0.15, -0.1) is 0 Å². The number of hydrogen-bond acceptors (Lipinski definition) is 6. The molecule has 2 saturated heterocycles. The highest BCUT2D eigenvalue weighted by molar-refractivity contribution is 6.05. The van der Waals surface area contributed by atoms with Crippen molar-refractivity contribution in [2.24, 2.45) is 5.92 Å². The molecule has 2 fully saturated rings. The molecular formula is C28H30N2O6. The number of benzene rings is 2. The highest BCUT2D eigenvalue weighted by atomic mass is 16.5. The maximum absolute atomic E-state index is 13.4. The minimum absolute atomic E-state index is 0.0780. The van der Waals surface area contributed by atoms with Gasteiger partial charge >= 0.3 is 5.97 Å². The first-order valence-corrected chi connectivity index (χ1v) is 12.3. The van der Waals surface area contributed by atoms with Crippen LogP contribution >= 0.6 is 0 Å². The normalized spacial score (nSPS) is 20.8. The van der Waals surface area contributed by atoms with Crippen molar-refractivity contribution in [1.82, 2.24) is 4.90 Å². The number of fused-ring (bicyclic) bond motifs is 1. The van der Waals surface area contributed by atoms with E-state index in [4.69, 9.17) is 9.47 Å². The van der Waals surface area contributed by atoms with Gasteiger partial charge in [-0.2, -0.15) is 0 Å². The summed E-state index contributed by atoms with van der Waals surface area (Å²) >= 11 is 0. The van der Waals surface area contributed by atoms with Crippen molar-refractivity contribution in [1.29, 1.82) is 0 Å². The minimum Gasteiger partial charge on any atom is -0.486 e. The zero-order valence-electron chi connectivity index (χ0n) is 20.8. The van der Waals surface area contributed by atoms with Crippen molar-refractivity contribution < 1.29 is 28.7 Å². The second-order valence-electron chi connectivity index (χ2n) is 10.0. The zero-order valence-corrected chi connectivity index (χ0v) is 20.8. The van der Waals surface area contributed by atoms with E-state index in [2.05, 4.69) is 0 Å². The van der Waals surface area contributed by atoms with Gasteiger partial charge in [0.25, 0.3) is 0 Å². The molecular weight excluding hydrogens is 460 g/mol. The van der Waals surface area contributed by atoms with Gasteiger partial charge in [-0.3, -0.25) is 14.4 Å². The first kappa shape index (κ1) is 24.0. The number of esters is 1. The number of para-hydroxylation sites is 1. The van der Waals surface area contributed by atoms with Crippen LogP contribution < -0.4 is 9.64 Å². The summed E-state index contributed by atoms with van der Waals surface area (Å²) in [5.74, 6) is -0.527. The average Bonchev–Trinajstić information content (AvgIpc) is 3.27. The van der Waals surface area contributed by atoms with Crippen LogP contribution in [0.15, 0.2) is 36.4 Å². The van der Waals surface area contributed by atoms with Gasteiger partial charge < -0.3 is 19.3 Å². The van der Waals surface area contributed by atoms with Crippen molar-refractivity contribution in [3.63, 3.8) is 0 Å². The summed E-state index contributed by atoms with van der Waals surface area (Å²) in [6, 6.07) is 10.6. The Kier molecular flexibility index (Phi) is 6.06. The summed E-state index contributed by atoms with van der Waals surface area (Å²) in [4.78, 5) is 54.6. The SMILES string of the molecule is COC(=O)c1ccccc1N1CC(C(=O)N2CCC3(CC2)CC(=O)c2ccc(C)c(C)c2O3)CC1=O. The zero-order chi connectivity index (χ0) is 25.6. The Morgan fingerprint density at radius 2 is 1.78 bits per heavy atom. The van der Waals surface area contributed by atoms with E-state index in [1.54, 1.807) is 29.2 Å². The van der Waals surface area contributed by atoms with Crippen LogP contribution in [0.5, 0.6) is 5.75 Å². The third-order valence-electron chi connectivity index (χ3n) is 7.84. The van der Waals surface area contributed by atoms with Crippen molar-refractivity contribution in [3.05, 3.63) is 58.7 Å². The number of piperidine rings is 1. The van der Waals surface area contributed by atoms with E-state index < -0.39 is 17.5 Å². The van der Waals surface area contributed by atoms with Gasteiger partial charge in [0.2, 0.25) is 11.8 Å². The molecule has 2 amide bonds. The Morgan fingerprint density at radius 1 is 1.06 bits per heavy atom. The predicted molar refractivity (Wildman–Crippen MR) is 132 cm³/mol. The highest BCUT2D eigenvalue weighted by Crippen LogP contribution is 2.42. The van der Waals surface area contributed by atoms with E-state index in [0.29, 0.717) is 54.9 Å². The molecule has 1 unspecified atom stereocenters. The quantitative estimate of drug-likeness (QED) is 0.612. The molecule has 0 radical (unpaired) electrons. The first-order valence-electron chi connectivity index (χ1n) is 12.3. The van der Waals surface area contributed by atoms with Gasteiger partial charge in [0.05, 0.1) is 36.3 Å². The van der Waals surface area contributed by atoms with Crippen LogP contribution in [-0.4, -0.2) is 60.8 Å². The highest BCUT2D eigenvalue weighted by Gasteiger charge is 2.46. The molecule has 0 aliphatic carbocycles. The number of anilines is 1. The molecule has 188 valence electrons. The second-order valence-corrected chi connectivity index (χ2v) is 10.0. The molecule has 0 bridgehead atoms. The molecule has 2 aromatic carbocycles. The smallest absolute Gasteiger partial charge is 0.339 e. The summed E-state index contributed by atoms with van der Waals surface area (Å²) in [6.07, 6.45) is 1.53. The number of Topliss-reactive ketones (excluding diaryl/α,β-unsaturated/α-hetero) is 1. The fourth-order valence-corrected chi connectivity index (χ4v) is 5.55. The molecule has 0 N–H and O–H groups in total.